The van der Waals surface area contributed by atoms with Gasteiger partial charge in [0.25, 0.3) is 5.91 Å². The molecule has 7 rings (SSSR count). The largest absolute Gasteiger partial charge is 0.383 e. The van der Waals surface area contributed by atoms with Crippen molar-refractivity contribution in [1.82, 2.24) is 15.4 Å². The Labute approximate surface area is 303 Å². The van der Waals surface area contributed by atoms with Gasteiger partial charge >= 0.3 is 0 Å². The molecule has 1 aromatic heterocycles. The molecule has 3 heterocycles. The number of carbonyl (C=O) groups excluding carboxylic acids is 3. The number of nitrogens with one attached hydrogen (secondary N) is 2. The van der Waals surface area contributed by atoms with Crippen molar-refractivity contribution in [1.29, 1.82) is 5.26 Å². The maximum atomic E-state index is 15.2. The SMILES string of the molecule is Cc1ccc(-c2c(C)noc2C)cc1N(CCC(C)CCNc1cc2c(cc1F)C(=O)N(C1CCC(=O)NC1=O)C2)c1ccc(C2(C#N)CC2)cc1. The summed E-state index contributed by atoms with van der Waals surface area (Å²) in [7, 11) is 0. The molecule has 0 radical (unpaired) electrons. The van der Waals surface area contributed by atoms with Crippen LogP contribution in [0.5, 0.6) is 0 Å². The number of imide groups is 1. The van der Waals surface area contributed by atoms with Crippen LogP contribution in [0.1, 0.15) is 84.0 Å². The summed E-state index contributed by atoms with van der Waals surface area (Å²) >= 11 is 0. The van der Waals surface area contributed by atoms with Crippen molar-refractivity contribution in [2.24, 2.45) is 5.92 Å². The van der Waals surface area contributed by atoms with Crippen LogP contribution in [-0.2, 0) is 21.5 Å². The normalized spacial score (nSPS) is 18.1. The number of fused-ring (bicyclic) bond motifs is 1. The van der Waals surface area contributed by atoms with Gasteiger partial charge in [0.05, 0.1) is 22.9 Å². The number of nitriles is 1. The highest BCUT2D eigenvalue weighted by atomic mass is 19.1. The number of hydrogen-bond donors (Lipinski definition) is 2. The average Bonchev–Trinajstić information content (AvgIpc) is 3.78. The Morgan fingerprint density at radius 1 is 1.10 bits per heavy atom. The maximum Gasteiger partial charge on any atom is 0.255 e. The van der Waals surface area contributed by atoms with Gasteiger partial charge in [-0.3, -0.25) is 19.7 Å². The van der Waals surface area contributed by atoms with E-state index < -0.39 is 23.7 Å². The van der Waals surface area contributed by atoms with Crippen LogP contribution < -0.4 is 15.5 Å². The number of benzene rings is 3. The fraction of sp³-hybridized carbons (Fsp3) is 0.390. The van der Waals surface area contributed by atoms with Gasteiger partial charge in [-0.1, -0.05) is 36.3 Å². The fourth-order valence-electron chi connectivity index (χ4n) is 7.56. The van der Waals surface area contributed by atoms with Crippen LogP contribution in [0.25, 0.3) is 11.1 Å². The lowest BCUT2D eigenvalue weighted by molar-refractivity contribution is -0.136. The summed E-state index contributed by atoms with van der Waals surface area (Å²) in [5.41, 5.74) is 8.07. The molecular weight excluding hydrogens is 659 g/mol. The molecule has 0 bridgehead atoms. The van der Waals surface area contributed by atoms with E-state index >= 15 is 4.39 Å². The van der Waals surface area contributed by atoms with Crippen molar-refractivity contribution in [3.05, 3.63) is 94.1 Å². The van der Waals surface area contributed by atoms with Gasteiger partial charge in [0, 0.05) is 48.6 Å². The molecule has 4 aromatic rings. The molecule has 2 aliphatic heterocycles. The smallest absolute Gasteiger partial charge is 0.255 e. The van der Waals surface area contributed by atoms with Crippen molar-refractivity contribution in [3.63, 3.8) is 0 Å². The van der Waals surface area contributed by atoms with E-state index in [1.54, 1.807) is 6.07 Å². The molecule has 268 valence electrons. The molecule has 2 unspecified atom stereocenters. The molecule has 3 amide bonds. The van der Waals surface area contributed by atoms with Gasteiger partial charge in [0.2, 0.25) is 11.8 Å². The van der Waals surface area contributed by atoms with E-state index in [2.05, 4.69) is 83.1 Å². The summed E-state index contributed by atoms with van der Waals surface area (Å²) in [5, 5.41) is 19.5. The second-order valence-electron chi connectivity index (χ2n) is 14.6. The number of hydrogen-bond acceptors (Lipinski definition) is 8. The summed E-state index contributed by atoms with van der Waals surface area (Å²) in [6.45, 7) is 9.64. The predicted octanol–water partition coefficient (Wildman–Crippen LogP) is 7.39. The van der Waals surface area contributed by atoms with E-state index in [0.717, 1.165) is 77.3 Å². The van der Waals surface area contributed by atoms with E-state index in [1.807, 2.05) is 13.8 Å². The number of anilines is 3. The fourth-order valence-corrected chi connectivity index (χ4v) is 7.56. The van der Waals surface area contributed by atoms with Crippen LogP contribution in [0.15, 0.2) is 59.1 Å². The molecule has 2 fully saturated rings. The Morgan fingerprint density at radius 2 is 1.87 bits per heavy atom. The molecule has 11 heteroatoms. The highest BCUT2D eigenvalue weighted by Crippen LogP contribution is 2.48. The lowest BCUT2D eigenvalue weighted by Crippen LogP contribution is -2.52. The molecule has 1 aliphatic carbocycles. The van der Waals surface area contributed by atoms with Crippen LogP contribution >= 0.6 is 0 Å². The first kappa shape index (κ1) is 34.9. The summed E-state index contributed by atoms with van der Waals surface area (Å²) in [5.74, 6) is -0.691. The number of halogens is 1. The third kappa shape index (κ3) is 6.65. The number of nitrogens with zero attached hydrogens (tertiary/aromatic N) is 4. The van der Waals surface area contributed by atoms with Crippen molar-refractivity contribution in [3.8, 4) is 17.2 Å². The third-order valence-corrected chi connectivity index (χ3v) is 10.9. The Morgan fingerprint density at radius 3 is 2.54 bits per heavy atom. The lowest BCUT2D eigenvalue weighted by atomic mass is 9.96. The third-order valence-electron chi connectivity index (χ3n) is 10.9. The zero-order chi connectivity index (χ0) is 36.7. The van der Waals surface area contributed by atoms with Crippen molar-refractivity contribution < 1.29 is 23.3 Å². The van der Waals surface area contributed by atoms with Crippen molar-refractivity contribution >= 4 is 34.8 Å². The van der Waals surface area contributed by atoms with Gasteiger partial charge in [-0.15, -0.1) is 0 Å². The number of carbonyl (C=O) groups is 3. The number of amides is 3. The van der Waals surface area contributed by atoms with Gasteiger partial charge in [0.1, 0.15) is 17.6 Å². The number of aryl methyl sites for hydroxylation is 3. The quantitative estimate of drug-likeness (QED) is 0.146. The summed E-state index contributed by atoms with van der Waals surface area (Å²) in [4.78, 5) is 40.9. The minimum atomic E-state index is -0.745. The van der Waals surface area contributed by atoms with Crippen molar-refractivity contribution in [2.45, 2.75) is 84.2 Å². The number of rotatable bonds is 12. The molecule has 3 aliphatic rings. The Kier molecular flexibility index (Phi) is 9.34. The molecule has 10 nitrogen and oxygen atoms in total. The van der Waals surface area contributed by atoms with E-state index in [4.69, 9.17) is 4.52 Å². The standard InChI is InChI=1S/C41H43FN6O4/c1-24(13-17-44-34-19-29-22-48(40(51)32(29)21-33(34)42)35-11-12-37(49)45-39(35)50)14-18-47(31-9-7-30(8-10-31)41(23-43)15-16-41)36-20-28(6-5-25(36)2)38-26(3)46-52-27(38)4/h5-10,19-21,24,35,44H,11-18,22H2,1-4H3,(H,45,49,50). The van der Waals surface area contributed by atoms with Crippen LogP contribution in [-0.4, -0.2) is 46.9 Å². The highest BCUT2D eigenvalue weighted by Gasteiger charge is 2.45. The maximum absolute atomic E-state index is 15.2. The van der Waals surface area contributed by atoms with Crippen LogP contribution in [0.3, 0.4) is 0 Å². The zero-order valence-electron chi connectivity index (χ0n) is 30.0. The first-order valence-electron chi connectivity index (χ1n) is 18.0. The second-order valence-corrected chi connectivity index (χ2v) is 14.6. The van der Waals surface area contributed by atoms with E-state index in [0.29, 0.717) is 17.8 Å². The van der Waals surface area contributed by atoms with Crippen LogP contribution in [0, 0.1) is 43.8 Å². The lowest BCUT2D eigenvalue weighted by Gasteiger charge is -2.29. The Balaban J connectivity index is 1.04. The van der Waals surface area contributed by atoms with E-state index in [-0.39, 0.29) is 42.2 Å². The summed E-state index contributed by atoms with van der Waals surface area (Å²) < 4.78 is 20.7. The van der Waals surface area contributed by atoms with Crippen molar-refractivity contribution in [2.75, 3.05) is 23.3 Å². The first-order chi connectivity index (χ1) is 25.0. The van der Waals surface area contributed by atoms with Crippen LogP contribution in [0.2, 0.25) is 0 Å². The van der Waals surface area contributed by atoms with Gasteiger partial charge in [-0.25, -0.2) is 4.39 Å². The average molecular weight is 703 g/mol. The molecule has 1 saturated carbocycles. The molecule has 52 heavy (non-hydrogen) atoms. The molecule has 1 saturated heterocycles. The van der Waals surface area contributed by atoms with Gasteiger partial charge in [-0.2, -0.15) is 5.26 Å². The summed E-state index contributed by atoms with van der Waals surface area (Å²) in [6, 6.07) is 19.5. The topological polar surface area (TPSA) is 132 Å². The summed E-state index contributed by atoms with van der Waals surface area (Å²) in [6.07, 6.45) is 3.86. The minimum Gasteiger partial charge on any atom is -0.383 e. The number of aromatic nitrogens is 1. The number of piperidine rings is 1. The van der Waals surface area contributed by atoms with Gasteiger partial charge < -0.3 is 19.6 Å². The molecule has 2 N–H and O–H groups in total. The highest BCUT2D eigenvalue weighted by molar-refractivity contribution is 6.05. The van der Waals surface area contributed by atoms with Gasteiger partial charge in [0.15, 0.2) is 0 Å². The molecular formula is C41H43FN6O4. The van der Waals surface area contributed by atoms with E-state index in [1.165, 1.54) is 11.0 Å². The first-order valence-corrected chi connectivity index (χ1v) is 18.0. The molecule has 0 spiro atoms. The predicted molar refractivity (Wildman–Crippen MR) is 195 cm³/mol. The molecule has 2 atom stereocenters. The minimum absolute atomic E-state index is 0.164. The van der Waals surface area contributed by atoms with Crippen LogP contribution in [0.4, 0.5) is 21.5 Å². The monoisotopic (exact) mass is 702 g/mol. The van der Waals surface area contributed by atoms with Gasteiger partial charge in [-0.05, 0) is 111 Å². The van der Waals surface area contributed by atoms with E-state index in [9.17, 15) is 19.6 Å². The zero-order valence-corrected chi connectivity index (χ0v) is 30.0. The Hall–Kier alpha value is -5.50. The molecule has 3 aromatic carbocycles. The Bertz CT molecular complexity index is 2080. The second kappa shape index (κ2) is 13.9.